The molecule has 0 radical (unpaired) electrons. The number of rotatable bonds is 6. The van der Waals surface area contributed by atoms with Gasteiger partial charge in [0.25, 0.3) is 0 Å². The van der Waals surface area contributed by atoms with Gasteiger partial charge in [0.05, 0.1) is 10.4 Å². The van der Waals surface area contributed by atoms with E-state index in [1.54, 1.807) is 53.7 Å². The van der Waals surface area contributed by atoms with Crippen LogP contribution in [-0.2, 0) is 19.5 Å². The second-order valence-corrected chi connectivity index (χ2v) is 12.2. The Morgan fingerprint density at radius 1 is 0.946 bits per heavy atom. The summed E-state index contributed by atoms with van der Waals surface area (Å²) in [7, 11) is -3.92. The number of ether oxygens (including phenoxy) is 2. The van der Waals surface area contributed by atoms with Gasteiger partial charge in [0, 0.05) is 30.2 Å². The molecule has 1 aromatic heterocycles. The average Bonchev–Trinajstić information content (AvgIpc) is 3.13. The third-order valence-electron chi connectivity index (χ3n) is 4.90. The summed E-state index contributed by atoms with van der Waals surface area (Å²) in [4.78, 5) is 24.5. The van der Waals surface area contributed by atoms with Gasteiger partial charge in [0.15, 0.2) is 0 Å². The molecule has 3 rings (SSSR count). The molecule has 0 unspecified atom stereocenters. The van der Waals surface area contributed by atoms with Crippen LogP contribution in [0, 0.1) is 5.82 Å². The largest absolute Gasteiger partial charge is 0.444 e. The fourth-order valence-electron chi connectivity index (χ4n) is 3.47. The molecule has 0 atom stereocenters. The van der Waals surface area contributed by atoms with E-state index in [4.69, 9.17) is 9.47 Å². The van der Waals surface area contributed by atoms with Gasteiger partial charge < -0.3 is 14.8 Å². The van der Waals surface area contributed by atoms with E-state index in [-0.39, 0.29) is 18.0 Å². The van der Waals surface area contributed by atoms with Gasteiger partial charge >= 0.3 is 12.2 Å². The molecule has 2 aromatic carbocycles. The van der Waals surface area contributed by atoms with Crippen molar-refractivity contribution in [3.8, 4) is 11.1 Å². The first-order valence-corrected chi connectivity index (χ1v) is 13.1. The number of amides is 1. The second-order valence-electron chi connectivity index (χ2n) is 10.4. The molecule has 3 aromatic rings. The van der Waals surface area contributed by atoms with Crippen molar-refractivity contribution in [1.82, 2.24) is 14.6 Å². The van der Waals surface area contributed by atoms with Crippen LogP contribution in [-0.4, -0.2) is 49.5 Å². The molecule has 1 amide bonds. The van der Waals surface area contributed by atoms with E-state index in [1.165, 1.54) is 41.1 Å². The van der Waals surface area contributed by atoms with Gasteiger partial charge in [-0.1, -0.05) is 12.1 Å². The highest BCUT2D eigenvalue weighted by atomic mass is 32.2. The standard InChI is InChI=1S/C26H32FN3O6S/c1-25(2,3)35-23(31)28-12-13-29-37(33,34)19-9-7-8-17(14-19)21-16-30(24(32)36-26(4,5)6)22-15-18(27)10-11-20(21)22/h7-11,14-16,29H,12-13H2,1-6H3,(H,28,31). The average molecular weight is 534 g/mol. The molecule has 9 nitrogen and oxygen atoms in total. The quantitative estimate of drug-likeness (QED) is 0.429. The van der Waals surface area contributed by atoms with E-state index in [1.807, 2.05) is 0 Å². The van der Waals surface area contributed by atoms with Gasteiger partial charge in [0.1, 0.15) is 17.0 Å². The maximum atomic E-state index is 14.0. The lowest BCUT2D eigenvalue weighted by Crippen LogP contribution is -2.37. The molecule has 37 heavy (non-hydrogen) atoms. The molecule has 2 N–H and O–H groups in total. The number of carbonyl (C=O) groups is 2. The zero-order valence-electron chi connectivity index (χ0n) is 21.7. The first-order chi connectivity index (χ1) is 17.1. The Hall–Kier alpha value is -3.44. The number of fused-ring (bicyclic) bond motifs is 1. The number of benzene rings is 2. The van der Waals surface area contributed by atoms with Crippen LogP contribution in [0.5, 0.6) is 0 Å². The second kappa shape index (κ2) is 10.5. The number of hydrogen-bond donors (Lipinski definition) is 2. The summed E-state index contributed by atoms with van der Waals surface area (Å²) < 4.78 is 54.0. The molecule has 1 heterocycles. The van der Waals surface area contributed by atoms with Crippen molar-refractivity contribution in [2.45, 2.75) is 57.6 Å². The SMILES string of the molecule is CC(C)(C)OC(=O)NCCNS(=O)(=O)c1cccc(-c2cn(C(=O)OC(C)(C)C)c3cc(F)ccc23)c1. The number of halogens is 1. The number of aromatic nitrogens is 1. The van der Waals surface area contributed by atoms with Gasteiger partial charge in [-0.3, -0.25) is 4.57 Å². The Labute approximate surface area is 216 Å². The summed E-state index contributed by atoms with van der Waals surface area (Å²) in [5, 5.41) is 3.04. The van der Waals surface area contributed by atoms with E-state index in [0.29, 0.717) is 22.0 Å². The molecule has 0 saturated carbocycles. The molecule has 0 fully saturated rings. The highest BCUT2D eigenvalue weighted by molar-refractivity contribution is 7.89. The molecule has 11 heteroatoms. The molecule has 0 aliphatic carbocycles. The number of alkyl carbamates (subject to hydrolysis) is 1. The summed E-state index contributed by atoms with van der Waals surface area (Å²) in [6.45, 7) is 10.3. The molecular weight excluding hydrogens is 501 g/mol. The molecule has 200 valence electrons. The van der Waals surface area contributed by atoms with E-state index < -0.39 is 39.2 Å². The highest BCUT2D eigenvalue weighted by Crippen LogP contribution is 2.33. The molecule has 0 saturated heterocycles. The van der Waals surface area contributed by atoms with E-state index in [9.17, 15) is 22.4 Å². The summed E-state index contributed by atoms with van der Waals surface area (Å²) in [5.41, 5.74) is -0.0938. The lowest BCUT2D eigenvalue weighted by molar-refractivity contribution is 0.0523. The maximum Gasteiger partial charge on any atom is 0.419 e. The van der Waals surface area contributed by atoms with Crippen LogP contribution in [0.4, 0.5) is 14.0 Å². The van der Waals surface area contributed by atoms with Gasteiger partial charge in [0.2, 0.25) is 10.0 Å². The minimum absolute atomic E-state index is 0.0115. The topological polar surface area (TPSA) is 116 Å². The van der Waals surface area contributed by atoms with Crippen LogP contribution in [0.3, 0.4) is 0 Å². The number of sulfonamides is 1. The molecule has 0 aliphatic heterocycles. The Kier molecular flexibility index (Phi) is 7.99. The number of nitrogens with one attached hydrogen (secondary N) is 2. The minimum atomic E-state index is -3.92. The normalized spacial score (nSPS) is 12.4. The van der Waals surface area contributed by atoms with Crippen LogP contribution in [0.25, 0.3) is 22.0 Å². The van der Waals surface area contributed by atoms with Gasteiger partial charge in [-0.15, -0.1) is 0 Å². The van der Waals surface area contributed by atoms with E-state index in [2.05, 4.69) is 10.0 Å². The van der Waals surface area contributed by atoms with Crippen molar-refractivity contribution in [3.05, 3.63) is 54.5 Å². The Morgan fingerprint density at radius 3 is 2.27 bits per heavy atom. The molecule has 0 bridgehead atoms. The Morgan fingerprint density at radius 2 is 1.62 bits per heavy atom. The van der Waals surface area contributed by atoms with Crippen molar-refractivity contribution in [2.24, 2.45) is 0 Å². The maximum absolute atomic E-state index is 14.0. The third kappa shape index (κ3) is 7.53. The first-order valence-electron chi connectivity index (χ1n) is 11.7. The van der Waals surface area contributed by atoms with Crippen LogP contribution < -0.4 is 10.0 Å². The van der Waals surface area contributed by atoms with E-state index in [0.717, 1.165) is 0 Å². The smallest absolute Gasteiger partial charge is 0.419 e. The number of hydrogen-bond acceptors (Lipinski definition) is 6. The van der Waals surface area contributed by atoms with Crippen molar-refractivity contribution in [3.63, 3.8) is 0 Å². The van der Waals surface area contributed by atoms with Crippen LogP contribution in [0.1, 0.15) is 41.5 Å². The molecule has 0 spiro atoms. The predicted molar refractivity (Wildman–Crippen MR) is 138 cm³/mol. The van der Waals surface area contributed by atoms with Crippen molar-refractivity contribution < 1.29 is 31.9 Å². The zero-order chi connectivity index (χ0) is 27.6. The lowest BCUT2D eigenvalue weighted by atomic mass is 10.1. The van der Waals surface area contributed by atoms with Crippen molar-refractivity contribution >= 4 is 33.1 Å². The van der Waals surface area contributed by atoms with Crippen LogP contribution in [0.15, 0.2) is 53.6 Å². The van der Waals surface area contributed by atoms with Gasteiger partial charge in [-0.25, -0.2) is 27.1 Å². The van der Waals surface area contributed by atoms with Gasteiger partial charge in [-0.05, 0) is 77.4 Å². The Bertz CT molecular complexity index is 1420. The minimum Gasteiger partial charge on any atom is -0.444 e. The van der Waals surface area contributed by atoms with Crippen LogP contribution >= 0.6 is 0 Å². The zero-order valence-corrected chi connectivity index (χ0v) is 22.5. The summed E-state index contributed by atoms with van der Waals surface area (Å²) in [6.07, 6.45) is 0.172. The summed E-state index contributed by atoms with van der Waals surface area (Å²) in [5.74, 6) is -0.525. The lowest BCUT2D eigenvalue weighted by Gasteiger charge is -2.19. The fraction of sp³-hybridized carbons (Fsp3) is 0.385. The number of nitrogens with zero attached hydrogens (tertiary/aromatic N) is 1. The van der Waals surface area contributed by atoms with Crippen molar-refractivity contribution in [1.29, 1.82) is 0 Å². The monoisotopic (exact) mass is 533 g/mol. The summed E-state index contributed by atoms with van der Waals surface area (Å²) >= 11 is 0. The van der Waals surface area contributed by atoms with Crippen molar-refractivity contribution in [2.75, 3.05) is 13.1 Å². The fourth-order valence-corrected chi connectivity index (χ4v) is 4.55. The first kappa shape index (κ1) is 28.1. The summed E-state index contributed by atoms with van der Waals surface area (Å²) in [6, 6.07) is 10.2. The van der Waals surface area contributed by atoms with E-state index >= 15 is 0 Å². The highest BCUT2D eigenvalue weighted by Gasteiger charge is 2.23. The predicted octanol–water partition coefficient (Wildman–Crippen LogP) is 5.03. The number of carbonyl (C=O) groups excluding carboxylic acids is 2. The molecule has 0 aliphatic rings. The van der Waals surface area contributed by atoms with Crippen LogP contribution in [0.2, 0.25) is 0 Å². The Balaban J connectivity index is 1.85. The third-order valence-corrected chi connectivity index (χ3v) is 6.36. The van der Waals surface area contributed by atoms with Gasteiger partial charge in [-0.2, -0.15) is 0 Å². The molecular formula is C26H32FN3O6S.